The van der Waals surface area contributed by atoms with E-state index in [1.807, 2.05) is 0 Å². The maximum atomic E-state index is 12.3. The first-order chi connectivity index (χ1) is 15.3. The molecule has 0 unspecified atom stereocenters. The number of rotatable bonds is 6. The predicted molar refractivity (Wildman–Crippen MR) is 121 cm³/mol. The average Bonchev–Trinajstić information content (AvgIpc) is 3.25. The molecule has 0 aliphatic heterocycles. The minimum absolute atomic E-state index is 0.0885. The van der Waals surface area contributed by atoms with Crippen molar-refractivity contribution >= 4 is 52.8 Å². The molecule has 1 N–H and O–H groups in total. The average molecular weight is 474 g/mol. The molecule has 0 fully saturated rings. The van der Waals surface area contributed by atoms with Crippen molar-refractivity contribution in [2.45, 2.75) is 0 Å². The Hall–Kier alpha value is -3.55. The summed E-state index contributed by atoms with van der Waals surface area (Å²) >= 11 is 12.0. The molecular formula is C23H17Cl2NO6. The number of nitrogens with one attached hydrogen (secondary N) is 1. The third-order valence-corrected chi connectivity index (χ3v) is 4.65. The molecule has 0 saturated carbocycles. The van der Waals surface area contributed by atoms with E-state index in [1.54, 1.807) is 30.3 Å². The highest BCUT2D eigenvalue weighted by atomic mass is 35.5. The third-order valence-electron chi connectivity index (χ3n) is 4.22. The molecule has 1 amide bonds. The number of carbonyl (C=O) groups is 3. The number of furan rings is 1. The number of halogens is 2. The normalized spacial score (nSPS) is 10.8. The van der Waals surface area contributed by atoms with Crippen molar-refractivity contribution in [2.75, 3.05) is 19.5 Å². The van der Waals surface area contributed by atoms with Crippen molar-refractivity contribution in [3.05, 3.63) is 81.5 Å². The summed E-state index contributed by atoms with van der Waals surface area (Å²) in [4.78, 5) is 36.1. The molecule has 2 aromatic carbocycles. The molecule has 3 aromatic rings. The maximum absolute atomic E-state index is 12.3. The standard InChI is InChI=1S/C23H17Cl2NO6/c1-30-22(28)14-7-15(23(29)31-2)11-18(10-14)26-21(27)6-4-19-3-5-20(32-19)13-8-16(24)12-17(25)9-13/h3-12H,1-2H3,(H,26,27)/b6-4+. The summed E-state index contributed by atoms with van der Waals surface area (Å²) in [6.07, 6.45) is 2.71. The predicted octanol–water partition coefficient (Wildman–Crippen LogP) is 5.48. The zero-order valence-corrected chi connectivity index (χ0v) is 18.5. The molecule has 0 bridgehead atoms. The van der Waals surface area contributed by atoms with Crippen LogP contribution in [0.3, 0.4) is 0 Å². The Bertz CT molecular complexity index is 1160. The molecule has 0 aliphatic rings. The van der Waals surface area contributed by atoms with Gasteiger partial charge >= 0.3 is 11.9 Å². The van der Waals surface area contributed by atoms with E-state index < -0.39 is 17.8 Å². The third kappa shape index (κ3) is 5.78. The fraction of sp³-hybridized carbons (Fsp3) is 0.0870. The van der Waals surface area contributed by atoms with Crippen LogP contribution in [0.25, 0.3) is 17.4 Å². The summed E-state index contributed by atoms with van der Waals surface area (Å²) in [7, 11) is 2.42. The van der Waals surface area contributed by atoms with Crippen molar-refractivity contribution in [1.29, 1.82) is 0 Å². The Kier molecular flexibility index (Phi) is 7.35. The van der Waals surface area contributed by atoms with Crippen LogP contribution >= 0.6 is 23.2 Å². The molecule has 1 aromatic heterocycles. The zero-order chi connectivity index (χ0) is 23.3. The van der Waals surface area contributed by atoms with Crippen LogP contribution in [0, 0.1) is 0 Å². The van der Waals surface area contributed by atoms with Gasteiger partial charge in [0.2, 0.25) is 5.91 Å². The second-order valence-electron chi connectivity index (χ2n) is 6.46. The molecule has 164 valence electrons. The summed E-state index contributed by atoms with van der Waals surface area (Å²) in [6, 6.07) is 12.5. The molecule has 0 atom stereocenters. The van der Waals surface area contributed by atoms with Crippen molar-refractivity contribution in [1.82, 2.24) is 0 Å². The van der Waals surface area contributed by atoms with Gasteiger partial charge in [0, 0.05) is 27.4 Å². The van der Waals surface area contributed by atoms with E-state index in [9.17, 15) is 14.4 Å². The second kappa shape index (κ2) is 10.2. The van der Waals surface area contributed by atoms with Crippen LogP contribution in [0.5, 0.6) is 0 Å². The van der Waals surface area contributed by atoms with Gasteiger partial charge in [-0.15, -0.1) is 0 Å². The number of hydrogen-bond acceptors (Lipinski definition) is 6. The van der Waals surface area contributed by atoms with Crippen molar-refractivity contribution in [2.24, 2.45) is 0 Å². The molecule has 3 rings (SSSR count). The fourth-order valence-corrected chi connectivity index (χ4v) is 3.33. The number of ether oxygens (including phenoxy) is 2. The summed E-state index contributed by atoms with van der Waals surface area (Å²) in [5.74, 6) is -0.878. The number of carbonyl (C=O) groups excluding carboxylic acids is 3. The van der Waals surface area contributed by atoms with Gasteiger partial charge in [-0.2, -0.15) is 0 Å². The number of methoxy groups -OCH3 is 2. The van der Waals surface area contributed by atoms with Gasteiger partial charge in [0.15, 0.2) is 0 Å². The number of esters is 2. The van der Waals surface area contributed by atoms with Gasteiger partial charge in [-0.25, -0.2) is 9.59 Å². The van der Waals surface area contributed by atoms with E-state index in [-0.39, 0.29) is 16.8 Å². The van der Waals surface area contributed by atoms with Crippen LogP contribution in [0.4, 0.5) is 5.69 Å². The van der Waals surface area contributed by atoms with Crippen molar-refractivity contribution in [3.8, 4) is 11.3 Å². The largest absolute Gasteiger partial charge is 0.465 e. The number of amides is 1. The minimum atomic E-state index is -0.661. The topological polar surface area (TPSA) is 94.8 Å². The highest BCUT2D eigenvalue weighted by molar-refractivity contribution is 6.35. The molecule has 9 heteroatoms. The van der Waals surface area contributed by atoms with Gasteiger partial charge in [0.1, 0.15) is 11.5 Å². The molecule has 1 heterocycles. The molecule has 0 radical (unpaired) electrons. The first kappa shape index (κ1) is 23.1. The van der Waals surface area contributed by atoms with Crippen LogP contribution < -0.4 is 5.32 Å². The molecule has 0 aliphatic carbocycles. The SMILES string of the molecule is COC(=O)c1cc(NC(=O)/C=C/c2ccc(-c3cc(Cl)cc(Cl)c3)o2)cc(C(=O)OC)c1. The van der Waals surface area contributed by atoms with Gasteiger partial charge in [-0.1, -0.05) is 23.2 Å². The lowest BCUT2D eigenvalue weighted by Gasteiger charge is -2.08. The van der Waals surface area contributed by atoms with Gasteiger partial charge in [-0.3, -0.25) is 4.79 Å². The lowest BCUT2D eigenvalue weighted by Crippen LogP contribution is -2.12. The Morgan fingerprint density at radius 3 is 2.03 bits per heavy atom. The van der Waals surface area contributed by atoms with Crippen molar-refractivity contribution in [3.63, 3.8) is 0 Å². The monoisotopic (exact) mass is 473 g/mol. The van der Waals surface area contributed by atoms with E-state index in [0.717, 1.165) is 0 Å². The van der Waals surface area contributed by atoms with Gasteiger partial charge in [-0.05, 0) is 54.6 Å². The molecular weight excluding hydrogens is 457 g/mol. The lowest BCUT2D eigenvalue weighted by atomic mass is 10.1. The Morgan fingerprint density at radius 1 is 0.875 bits per heavy atom. The van der Waals surface area contributed by atoms with Crippen LogP contribution in [-0.2, 0) is 14.3 Å². The smallest absolute Gasteiger partial charge is 0.337 e. The van der Waals surface area contributed by atoms with E-state index in [4.69, 9.17) is 27.6 Å². The highest BCUT2D eigenvalue weighted by Crippen LogP contribution is 2.29. The van der Waals surface area contributed by atoms with E-state index in [2.05, 4.69) is 14.8 Å². The molecule has 0 spiro atoms. The number of anilines is 1. The summed E-state index contributed by atoms with van der Waals surface area (Å²) in [5.41, 5.74) is 1.09. The van der Waals surface area contributed by atoms with E-state index in [1.165, 1.54) is 44.6 Å². The minimum Gasteiger partial charge on any atom is -0.465 e. The molecule has 7 nitrogen and oxygen atoms in total. The summed E-state index contributed by atoms with van der Waals surface area (Å²) in [5, 5.41) is 3.53. The summed E-state index contributed by atoms with van der Waals surface area (Å²) in [6.45, 7) is 0. The molecule has 0 saturated heterocycles. The first-order valence-electron chi connectivity index (χ1n) is 9.16. The van der Waals surface area contributed by atoms with Gasteiger partial charge in [0.05, 0.1) is 25.3 Å². The quantitative estimate of drug-likeness (QED) is 0.376. The summed E-state index contributed by atoms with van der Waals surface area (Å²) < 4.78 is 15.1. The second-order valence-corrected chi connectivity index (χ2v) is 7.34. The maximum Gasteiger partial charge on any atom is 0.337 e. The van der Waals surface area contributed by atoms with Crippen LogP contribution in [0.2, 0.25) is 10.0 Å². The van der Waals surface area contributed by atoms with Gasteiger partial charge < -0.3 is 19.2 Å². The number of hydrogen-bond donors (Lipinski definition) is 1. The Balaban J connectivity index is 1.76. The van der Waals surface area contributed by atoms with Crippen LogP contribution in [0.1, 0.15) is 26.5 Å². The fourth-order valence-electron chi connectivity index (χ4n) is 2.81. The van der Waals surface area contributed by atoms with Gasteiger partial charge in [0.25, 0.3) is 0 Å². The Morgan fingerprint density at radius 2 is 1.47 bits per heavy atom. The zero-order valence-electron chi connectivity index (χ0n) is 17.0. The van der Waals surface area contributed by atoms with E-state index in [0.29, 0.717) is 27.1 Å². The first-order valence-corrected chi connectivity index (χ1v) is 9.91. The Labute approximate surface area is 193 Å². The van der Waals surface area contributed by atoms with Crippen LogP contribution in [0.15, 0.2) is 59.0 Å². The van der Waals surface area contributed by atoms with E-state index >= 15 is 0 Å². The lowest BCUT2D eigenvalue weighted by molar-refractivity contribution is -0.111. The molecule has 32 heavy (non-hydrogen) atoms. The highest BCUT2D eigenvalue weighted by Gasteiger charge is 2.14. The van der Waals surface area contributed by atoms with Crippen LogP contribution in [-0.4, -0.2) is 32.1 Å². The van der Waals surface area contributed by atoms with Crippen molar-refractivity contribution < 1.29 is 28.3 Å². The number of benzene rings is 2.